The van der Waals surface area contributed by atoms with Crippen molar-refractivity contribution in [1.82, 2.24) is 0 Å². The van der Waals surface area contributed by atoms with Crippen molar-refractivity contribution in [2.24, 2.45) is 0 Å². The van der Waals surface area contributed by atoms with Gasteiger partial charge < -0.3 is 14.8 Å². The molecule has 1 N–H and O–H groups in total. The lowest BCUT2D eigenvalue weighted by Gasteiger charge is -2.22. The molecule has 7 heteroatoms. The van der Waals surface area contributed by atoms with Gasteiger partial charge in [-0.1, -0.05) is 36.4 Å². The van der Waals surface area contributed by atoms with Crippen LogP contribution in [0.4, 0.5) is 18.9 Å². The van der Waals surface area contributed by atoms with Crippen molar-refractivity contribution in [1.29, 1.82) is 0 Å². The second-order valence-electron chi connectivity index (χ2n) is 7.74. The van der Waals surface area contributed by atoms with Crippen LogP contribution in [0.3, 0.4) is 0 Å². The van der Waals surface area contributed by atoms with Crippen LogP contribution in [0.1, 0.15) is 49.7 Å². The summed E-state index contributed by atoms with van der Waals surface area (Å²) in [6.45, 7) is 1.27. The van der Waals surface area contributed by atoms with Crippen LogP contribution in [-0.4, -0.2) is 25.4 Å². The highest BCUT2D eigenvalue weighted by Crippen LogP contribution is 2.31. The van der Waals surface area contributed by atoms with Gasteiger partial charge in [0.2, 0.25) is 0 Å². The van der Waals surface area contributed by atoms with Crippen molar-refractivity contribution in [2.75, 3.05) is 18.5 Å². The first-order valence-corrected chi connectivity index (χ1v) is 10.9. The van der Waals surface area contributed by atoms with E-state index < -0.39 is 17.6 Å². The molecule has 1 aliphatic rings. The van der Waals surface area contributed by atoms with E-state index in [-0.39, 0.29) is 12.0 Å². The molecule has 1 aliphatic heterocycles. The van der Waals surface area contributed by atoms with E-state index in [9.17, 15) is 18.0 Å². The lowest BCUT2D eigenvalue weighted by molar-refractivity contribution is -0.162. The smallest absolute Gasteiger partial charge is 0.353 e. The molecule has 1 unspecified atom stereocenters. The summed E-state index contributed by atoms with van der Waals surface area (Å²) in [5, 5.41) is 2.61. The number of halogens is 3. The summed E-state index contributed by atoms with van der Waals surface area (Å²) in [7, 11) is 0. The van der Waals surface area contributed by atoms with Gasteiger partial charge in [-0.05, 0) is 68.4 Å². The fourth-order valence-corrected chi connectivity index (χ4v) is 3.46. The van der Waals surface area contributed by atoms with Gasteiger partial charge in [-0.15, -0.1) is 0 Å². The molecule has 172 valence electrons. The van der Waals surface area contributed by atoms with Gasteiger partial charge in [-0.2, -0.15) is 13.2 Å². The number of carbonyl (C=O) groups excluding carboxylic acids is 1. The van der Waals surface area contributed by atoms with Gasteiger partial charge in [0.25, 0.3) is 5.91 Å². The number of alkyl halides is 3. The minimum atomic E-state index is -4.47. The zero-order valence-electron chi connectivity index (χ0n) is 17.9. The molecule has 32 heavy (non-hydrogen) atoms. The van der Waals surface area contributed by atoms with E-state index in [0.717, 1.165) is 50.0 Å². The average Bonchev–Trinajstić information content (AvgIpc) is 2.79. The number of hydrogen-bond acceptors (Lipinski definition) is 3. The molecule has 0 radical (unpaired) electrons. The molecule has 4 nitrogen and oxygen atoms in total. The first-order valence-electron chi connectivity index (χ1n) is 10.9. The molecule has 0 bridgehead atoms. The second kappa shape index (κ2) is 11.8. The maximum Gasteiger partial charge on any atom is 0.416 e. The molecule has 0 spiro atoms. The van der Waals surface area contributed by atoms with Gasteiger partial charge in [-0.25, -0.2) is 0 Å². The zero-order chi connectivity index (χ0) is 22.8. The molecule has 0 aromatic heterocycles. The fourth-order valence-electron chi connectivity index (χ4n) is 3.46. The number of anilines is 1. The Morgan fingerprint density at radius 3 is 2.62 bits per heavy atom. The number of benzene rings is 2. The van der Waals surface area contributed by atoms with Crippen LogP contribution in [-0.2, 0) is 20.4 Å². The molecule has 0 saturated carbocycles. The number of amides is 1. The number of unbranched alkanes of at least 4 members (excludes halogenated alkanes) is 1. The van der Waals surface area contributed by atoms with E-state index >= 15 is 0 Å². The van der Waals surface area contributed by atoms with Gasteiger partial charge >= 0.3 is 6.18 Å². The Kier molecular flexibility index (Phi) is 8.88. The van der Waals surface area contributed by atoms with E-state index in [1.807, 2.05) is 30.3 Å². The monoisotopic (exact) mass is 447 g/mol. The maximum atomic E-state index is 13.0. The molecule has 0 aliphatic carbocycles. The van der Waals surface area contributed by atoms with Gasteiger partial charge in [0, 0.05) is 24.5 Å². The van der Waals surface area contributed by atoms with Gasteiger partial charge in [0.05, 0.1) is 5.56 Å². The molecule has 2 aromatic carbocycles. The number of hydrogen-bond donors (Lipinski definition) is 1. The summed E-state index contributed by atoms with van der Waals surface area (Å²) in [4.78, 5) is 12.9. The predicted octanol–water partition coefficient (Wildman–Crippen LogP) is 6.44. The van der Waals surface area contributed by atoms with Crippen LogP contribution in [0, 0.1) is 0 Å². The van der Waals surface area contributed by atoms with Gasteiger partial charge in [-0.3, -0.25) is 4.79 Å². The van der Waals surface area contributed by atoms with E-state index in [4.69, 9.17) is 9.47 Å². The van der Waals surface area contributed by atoms with E-state index in [2.05, 4.69) is 5.32 Å². The van der Waals surface area contributed by atoms with Crippen LogP contribution >= 0.6 is 0 Å². The minimum absolute atomic E-state index is 0.113. The lowest BCUT2D eigenvalue weighted by Crippen LogP contribution is -2.22. The Morgan fingerprint density at radius 2 is 1.91 bits per heavy atom. The summed E-state index contributed by atoms with van der Waals surface area (Å²) >= 11 is 0. The van der Waals surface area contributed by atoms with Gasteiger partial charge in [0.15, 0.2) is 6.29 Å². The summed E-state index contributed by atoms with van der Waals surface area (Å²) in [5.74, 6) is -0.412. The van der Waals surface area contributed by atoms with Crippen molar-refractivity contribution >= 4 is 17.7 Å². The third-order valence-electron chi connectivity index (χ3n) is 5.16. The highest BCUT2D eigenvalue weighted by Gasteiger charge is 2.30. The lowest BCUT2D eigenvalue weighted by atomic mass is 10.0. The maximum absolute atomic E-state index is 13.0. The Balaban J connectivity index is 1.61. The molecular formula is C25H28F3NO3. The van der Waals surface area contributed by atoms with Crippen LogP contribution in [0.5, 0.6) is 0 Å². The first kappa shape index (κ1) is 24.0. The predicted molar refractivity (Wildman–Crippen MR) is 118 cm³/mol. The van der Waals surface area contributed by atoms with Crippen molar-refractivity contribution in [3.8, 4) is 0 Å². The standard InChI is InChI=1S/C25H28F3NO3/c26-25(27,28)21-12-8-13-22(18-21)29-24(30)20(17-19-9-2-1-3-10-19)11-4-6-15-31-23-14-5-7-16-32-23/h1-3,8-10,12-13,17-18,23H,4-7,11,14-16H2,(H,29,30)/b20-17+. The van der Waals surface area contributed by atoms with E-state index in [1.165, 1.54) is 12.1 Å². The summed E-state index contributed by atoms with van der Waals surface area (Å²) < 4.78 is 50.2. The highest BCUT2D eigenvalue weighted by molar-refractivity contribution is 6.06. The third-order valence-corrected chi connectivity index (χ3v) is 5.16. The van der Waals surface area contributed by atoms with Crippen molar-refractivity contribution in [3.05, 3.63) is 71.3 Å². The van der Waals surface area contributed by atoms with E-state index in [1.54, 1.807) is 6.08 Å². The molecule has 2 aromatic rings. The quantitative estimate of drug-likeness (QED) is 0.355. The fraction of sp³-hybridized carbons (Fsp3) is 0.400. The first-order chi connectivity index (χ1) is 15.4. The number of ether oxygens (including phenoxy) is 2. The molecule has 1 fully saturated rings. The second-order valence-corrected chi connectivity index (χ2v) is 7.74. The molecule has 3 rings (SSSR count). The Morgan fingerprint density at radius 1 is 1.09 bits per heavy atom. The summed E-state index contributed by atoms with van der Waals surface area (Å²) in [6.07, 6.45) is 2.17. The van der Waals surface area contributed by atoms with Crippen LogP contribution < -0.4 is 5.32 Å². The Labute approximate surface area is 186 Å². The Bertz CT molecular complexity index is 891. The minimum Gasteiger partial charge on any atom is -0.353 e. The normalized spacial score (nSPS) is 17.2. The van der Waals surface area contributed by atoms with Gasteiger partial charge in [0.1, 0.15) is 0 Å². The number of rotatable bonds is 9. The number of carbonyl (C=O) groups is 1. The summed E-state index contributed by atoms with van der Waals surface area (Å²) in [6, 6.07) is 14.0. The van der Waals surface area contributed by atoms with Crippen LogP contribution in [0.25, 0.3) is 6.08 Å². The third kappa shape index (κ3) is 7.80. The largest absolute Gasteiger partial charge is 0.416 e. The molecular weight excluding hydrogens is 419 g/mol. The number of nitrogens with one attached hydrogen (secondary N) is 1. The summed E-state index contributed by atoms with van der Waals surface area (Å²) in [5.41, 5.74) is 0.670. The topological polar surface area (TPSA) is 47.6 Å². The molecule has 1 atom stereocenters. The zero-order valence-corrected chi connectivity index (χ0v) is 17.9. The van der Waals surface area contributed by atoms with Crippen molar-refractivity contribution < 1.29 is 27.4 Å². The molecule has 1 saturated heterocycles. The van der Waals surface area contributed by atoms with Crippen molar-refractivity contribution in [2.45, 2.75) is 51.0 Å². The Hall–Kier alpha value is -2.64. The molecule has 1 amide bonds. The van der Waals surface area contributed by atoms with Crippen molar-refractivity contribution in [3.63, 3.8) is 0 Å². The average molecular weight is 447 g/mol. The van der Waals surface area contributed by atoms with Crippen LogP contribution in [0.15, 0.2) is 60.2 Å². The highest BCUT2D eigenvalue weighted by atomic mass is 19.4. The SMILES string of the molecule is O=C(Nc1cccc(C(F)(F)F)c1)/C(=C/c1ccccc1)CCCCOC1CCCCO1. The van der Waals surface area contributed by atoms with E-state index in [0.29, 0.717) is 25.0 Å². The molecule has 1 heterocycles. The van der Waals surface area contributed by atoms with Crippen LogP contribution in [0.2, 0.25) is 0 Å².